The number of piperidine rings is 1. The van der Waals surface area contributed by atoms with E-state index in [0.29, 0.717) is 19.2 Å². The lowest BCUT2D eigenvalue weighted by atomic mass is 10.0. The molecule has 5 nitrogen and oxygen atoms in total. The summed E-state index contributed by atoms with van der Waals surface area (Å²) in [6, 6.07) is 8.18. The molecule has 1 amide bonds. The summed E-state index contributed by atoms with van der Waals surface area (Å²) in [5, 5.41) is 6.64. The highest BCUT2D eigenvalue weighted by Gasteiger charge is 2.24. The molecule has 1 aliphatic carbocycles. The summed E-state index contributed by atoms with van der Waals surface area (Å²) >= 11 is 0. The normalized spacial score (nSPS) is 19.2. The number of carbonyl (C=O) groups excluding carboxylic acids is 1. The van der Waals surface area contributed by atoms with Gasteiger partial charge in [0.2, 0.25) is 5.91 Å². The smallest absolute Gasteiger partial charge is 0.238 e. The van der Waals surface area contributed by atoms with Gasteiger partial charge in [0.15, 0.2) is 0 Å². The topological polar surface area (TPSA) is 53.6 Å². The Kier molecular flexibility index (Phi) is 6.10. The number of amides is 1. The second-order valence-corrected chi connectivity index (χ2v) is 6.91. The minimum atomic E-state index is 0.0588. The number of hydrogen-bond donors (Lipinski definition) is 2. The van der Waals surface area contributed by atoms with Crippen molar-refractivity contribution in [3.05, 3.63) is 24.3 Å². The zero-order valence-electron chi connectivity index (χ0n) is 14.6. The molecule has 132 valence electrons. The van der Waals surface area contributed by atoms with Gasteiger partial charge in [0.05, 0.1) is 13.2 Å². The molecule has 5 heteroatoms. The van der Waals surface area contributed by atoms with Gasteiger partial charge in [-0.2, -0.15) is 0 Å². The fourth-order valence-electron chi connectivity index (χ4n) is 3.16. The van der Waals surface area contributed by atoms with Crippen LogP contribution in [0.3, 0.4) is 0 Å². The van der Waals surface area contributed by atoms with E-state index >= 15 is 0 Å². The monoisotopic (exact) mass is 331 g/mol. The van der Waals surface area contributed by atoms with Crippen LogP contribution in [0, 0.1) is 5.92 Å². The fraction of sp³-hybridized carbons (Fsp3) is 0.632. The van der Waals surface area contributed by atoms with Gasteiger partial charge in [-0.25, -0.2) is 0 Å². The molecule has 2 N–H and O–H groups in total. The summed E-state index contributed by atoms with van der Waals surface area (Å²) < 4.78 is 5.41. The molecule has 0 unspecified atom stereocenters. The van der Waals surface area contributed by atoms with Gasteiger partial charge in [0.25, 0.3) is 0 Å². The number of nitrogens with zero attached hydrogens (tertiary/aromatic N) is 1. The van der Waals surface area contributed by atoms with Crippen LogP contribution in [0.15, 0.2) is 24.3 Å². The van der Waals surface area contributed by atoms with E-state index in [1.807, 2.05) is 31.2 Å². The molecular formula is C19H29N3O2. The third kappa shape index (κ3) is 5.49. The van der Waals surface area contributed by atoms with Crippen molar-refractivity contribution >= 4 is 11.6 Å². The Balaban J connectivity index is 1.35. The zero-order valence-corrected chi connectivity index (χ0v) is 14.6. The van der Waals surface area contributed by atoms with Crippen LogP contribution in [0.2, 0.25) is 0 Å². The van der Waals surface area contributed by atoms with E-state index in [2.05, 4.69) is 15.5 Å². The molecule has 0 atom stereocenters. The van der Waals surface area contributed by atoms with Crippen LogP contribution in [0.5, 0.6) is 5.75 Å². The average molecular weight is 331 g/mol. The average Bonchev–Trinajstić information content (AvgIpc) is 3.41. The van der Waals surface area contributed by atoms with E-state index in [9.17, 15) is 4.79 Å². The first kappa shape index (κ1) is 17.2. The highest BCUT2D eigenvalue weighted by atomic mass is 16.5. The molecule has 1 heterocycles. The van der Waals surface area contributed by atoms with Gasteiger partial charge in [0, 0.05) is 24.8 Å². The molecule has 3 rings (SSSR count). The highest BCUT2D eigenvalue weighted by Crippen LogP contribution is 2.28. The fourth-order valence-corrected chi connectivity index (χ4v) is 3.16. The lowest BCUT2D eigenvalue weighted by molar-refractivity contribution is -0.117. The molecule has 1 aromatic rings. The van der Waals surface area contributed by atoms with Gasteiger partial charge in [-0.3, -0.25) is 9.69 Å². The first-order valence-corrected chi connectivity index (χ1v) is 9.21. The number of ether oxygens (including phenoxy) is 1. The van der Waals surface area contributed by atoms with Crippen LogP contribution in [0.1, 0.15) is 32.6 Å². The van der Waals surface area contributed by atoms with Gasteiger partial charge in [-0.15, -0.1) is 0 Å². The summed E-state index contributed by atoms with van der Waals surface area (Å²) in [6.07, 6.45) is 5.08. The number of rotatable bonds is 8. The molecule has 2 aliphatic rings. The number of benzene rings is 1. The van der Waals surface area contributed by atoms with E-state index in [1.165, 1.54) is 19.4 Å². The summed E-state index contributed by atoms with van der Waals surface area (Å²) in [4.78, 5) is 14.4. The van der Waals surface area contributed by atoms with Crippen LogP contribution >= 0.6 is 0 Å². The minimum Gasteiger partial charge on any atom is -0.494 e. The highest BCUT2D eigenvalue weighted by molar-refractivity contribution is 5.92. The molecule has 1 aromatic carbocycles. The quantitative estimate of drug-likeness (QED) is 0.768. The number of carbonyl (C=O) groups is 1. The third-order valence-corrected chi connectivity index (χ3v) is 4.80. The number of likely N-dealkylation sites (tertiary alicyclic amines) is 1. The van der Waals surface area contributed by atoms with Crippen molar-refractivity contribution in [2.75, 3.05) is 38.1 Å². The molecule has 0 bridgehead atoms. The van der Waals surface area contributed by atoms with Crippen molar-refractivity contribution in [2.45, 2.75) is 38.6 Å². The van der Waals surface area contributed by atoms with Crippen LogP contribution in [-0.4, -0.2) is 49.6 Å². The summed E-state index contributed by atoms with van der Waals surface area (Å²) in [5.74, 6) is 1.82. The van der Waals surface area contributed by atoms with Crippen molar-refractivity contribution < 1.29 is 9.53 Å². The second-order valence-electron chi connectivity index (χ2n) is 6.91. The van der Waals surface area contributed by atoms with Crippen molar-refractivity contribution in [3.63, 3.8) is 0 Å². The molecule has 1 aliphatic heterocycles. The Morgan fingerprint density at radius 3 is 2.50 bits per heavy atom. The maximum Gasteiger partial charge on any atom is 0.238 e. The summed E-state index contributed by atoms with van der Waals surface area (Å²) in [5.41, 5.74) is 0.824. The van der Waals surface area contributed by atoms with Crippen molar-refractivity contribution in [1.29, 1.82) is 0 Å². The predicted octanol–water partition coefficient (Wildman–Crippen LogP) is 2.49. The SMILES string of the molecule is CCOc1ccc(NC(=O)CN2CCC(NCC3CC3)CC2)cc1. The Hall–Kier alpha value is -1.59. The van der Waals surface area contributed by atoms with Crippen molar-refractivity contribution in [2.24, 2.45) is 5.92 Å². The molecule has 24 heavy (non-hydrogen) atoms. The standard InChI is InChI=1S/C19H29N3O2/c1-2-24-18-7-5-17(6-8-18)21-19(23)14-22-11-9-16(10-12-22)20-13-15-3-4-15/h5-8,15-16,20H,2-4,9-14H2,1H3,(H,21,23). The number of hydrogen-bond acceptors (Lipinski definition) is 4. The van der Waals surface area contributed by atoms with E-state index in [4.69, 9.17) is 4.74 Å². The predicted molar refractivity (Wildman–Crippen MR) is 96.4 cm³/mol. The van der Waals surface area contributed by atoms with Gasteiger partial charge >= 0.3 is 0 Å². The number of anilines is 1. The number of nitrogens with one attached hydrogen (secondary N) is 2. The van der Waals surface area contributed by atoms with E-state index in [1.54, 1.807) is 0 Å². The molecule has 1 saturated heterocycles. The molecule has 2 fully saturated rings. The molecular weight excluding hydrogens is 302 g/mol. The summed E-state index contributed by atoms with van der Waals surface area (Å²) in [7, 11) is 0. The first-order valence-electron chi connectivity index (χ1n) is 9.21. The molecule has 0 aromatic heterocycles. The lowest BCUT2D eigenvalue weighted by Crippen LogP contribution is -2.45. The second kappa shape index (κ2) is 8.49. The zero-order chi connectivity index (χ0) is 16.8. The van der Waals surface area contributed by atoms with Crippen LogP contribution in [0.25, 0.3) is 0 Å². The minimum absolute atomic E-state index is 0.0588. The van der Waals surface area contributed by atoms with E-state index in [-0.39, 0.29) is 5.91 Å². The van der Waals surface area contributed by atoms with Crippen LogP contribution < -0.4 is 15.4 Å². The van der Waals surface area contributed by atoms with Crippen molar-refractivity contribution in [1.82, 2.24) is 10.2 Å². The van der Waals surface area contributed by atoms with Gasteiger partial charge in [0.1, 0.15) is 5.75 Å². The lowest BCUT2D eigenvalue weighted by Gasteiger charge is -2.32. The van der Waals surface area contributed by atoms with Crippen LogP contribution in [-0.2, 0) is 4.79 Å². The maximum absolute atomic E-state index is 12.2. The molecule has 0 spiro atoms. The van der Waals surface area contributed by atoms with Crippen LogP contribution in [0.4, 0.5) is 5.69 Å². The molecule has 1 saturated carbocycles. The van der Waals surface area contributed by atoms with Gasteiger partial charge in [-0.05, 0) is 69.3 Å². The van der Waals surface area contributed by atoms with E-state index < -0.39 is 0 Å². The Labute approximate surface area is 144 Å². The Morgan fingerprint density at radius 1 is 1.17 bits per heavy atom. The van der Waals surface area contributed by atoms with E-state index in [0.717, 1.165) is 43.3 Å². The third-order valence-electron chi connectivity index (χ3n) is 4.80. The summed E-state index contributed by atoms with van der Waals surface area (Å²) in [6.45, 7) is 6.26. The Morgan fingerprint density at radius 2 is 1.88 bits per heavy atom. The largest absolute Gasteiger partial charge is 0.494 e. The first-order chi connectivity index (χ1) is 11.7. The van der Waals surface area contributed by atoms with Crippen molar-refractivity contribution in [3.8, 4) is 5.75 Å². The molecule has 0 radical (unpaired) electrons. The van der Waals surface area contributed by atoms with Gasteiger partial charge in [-0.1, -0.05) is 0 Å². The maximum atomic E-state index is 12.2. The van der Waals surface area contributed by atoms with Gasteiger partial charge < -0.3 is 15.4 Å². The Bertz CT molecular complexity index is 520.